The third kappa shape index (κ3) is 3.09. The normalized spacial score (nSPS) is 17.2. The van der Waals surface area contributed by atoms with E-state index in [0.29, 0.717) is 11.8 Å². The number of H-pyrrole nitrogens is 1. The van der Waals surface area contributed by atoms with Crippen molar-refractivity contribution < 1.29 is 9.53 Å². The highest BCUT2D eigenvalue weighted by Gasteiger charge is 2.34. The zero-order valence-corrected chi connectivity index (χ0v) is 16.0. The Hall–Kier alpha value is -3.02. The summed E-state index contributed by atoms with van der Waals surface area (Å²) < 4.78 is 5.35. The van der Waals surface area contributed by atoms with Gasteiger partial charge >= 0.3 is 0 Å². The van der Waals surface area contributed by atoms with Gasteiger partial charge in [0, 0.05) is 60.6 Å². The number of carbonyl (C=O) groups excluding carboxylic acids is 1. The van der Waals surface area contributed by atoms with E-state index in [1.54, 1.807) is 7.11 Å². The molecule has 2 aliphatic rings. The summed E-state index contributed by atoms with van der Waals surface area (Å²) in [5, 5.41) is 1.11. The molecule has 28 heavy (non-hydrogen) atoms. The quantitative estimate of drug-likeness (QED) is 0.759. The SMILES string of the molecule is COc1cccc(-c2cc3c(N4CCN(C(=O)C5CC5)CC4)ccnc3[nH]2)c1. The molecule has 6 heteroatoms. The molecule has 1 amide bonds. The van der Waals surface area contributed by atoms with Gasteiger partial charge < -0.3 is 19.5 Å². The predicted octanol–water partition coefficient (Wildman–Crippen LogP) is 3.30. The molecule has 0 radical (unpaired) electrons. The summed E-state index contributed by atoms with van der Waals surface area (Å²) in [6.07, 6.45) is 3.99. The van der Waals surface area contributed by atoms with Crippen molar-refractivity contribution in [3.63, 3.8) is 0 Å². The van der Waals surface area contributed by atoms with Crippen LogP contribution in [0.2, 0.25) is 0 Å². The number of hydrogen-bond donors (Lipinski definition) is 1. The van der Waals surface area contributed by atoms with Gasteiger partial charge in [0.25, 0.3) is 0 Å². The summed E-state index contributed by atoms with van der Waals surface area (Å²) in [6.45, 7) is 3.31. The van der Waals surface area contributed by atoms with Crippen LogP contribution in [0.3, 0.4) is 0 Å². The molecule has 0 bridgehead atoms. The summed E-state index contributed by atoms with van der Waals surface area (Å²) in [7, 11) is 1.68. The first kappa shape index (κ1) is 17.1. The molecule has 1 aliphatic carbocycles. The smallest absolute Gasteiger partial charge is 0.225 e. The minimum absolute atomic E-state index is 0.300. The van der Waals surface area contributed by atoms with Crippen molar-refractivity contribution in [1.82, 2.24) is 14.9 Å². The molecule has 5 rings (SSSR count). The second-order valence-electron chi connectivity index (χ2n) is 7.59. The van der Waals surface area contributed by atoms with Gasteiger partial charge in [-0.2, -0.15) is 0 Å². The molecule has 1 aliphatic heterocycles. The maximum Gasteiger partial charge on any atom is 0.225 e. The highest BCUT2D eigenvalue weighted by molar-refractivity contribution is 5.94. The number of benzene rings is 1. The lowest BCUT2D eigenvalue weighted by Crippen LogP contribution is -2.49. The fraction of sp³-hybridized carbons (Fsp3) is 0.364. The Labute approximate surface area is 164 Å². The summed E-state index contributed by atoms with van der Waals surface area (Å²) >= 11 is 0. The predicted molar refractivity (Wildman–Crippen MR) is 110 cm³/mol. The lowest BCUT2D eigenvalue weighted by molar-refractivity contribution is -0.132. The summed E-state index contributed by atoms with van der Waals surface area (Å²) in [5.41, 5.74) is 4.15. The van der Waals surface area contributed by atoms with Gasteiger partial charge in [0.05, 0.1) is 7.11 Å². The van der Waals surface area contributed by atoms with Crippen LogP contribution in [0.25, 0.3) is 22.3 Å². The molecule has 1 saturated heterocycles. The van der Waals surface area contributed by atoms with Crippen LogP contribution in [0.1, 0.15) is 12.8 Å². The lowest BCUT2D eigenvalue weighted by atomic mass is 10.1. The second-order valence-corrected chi connectivity index (χ2v) is 7.59. The molecule has 1 saturated carbocycles. The van der Waals surface area contributed by atoms with Crippen molar-refractivity contribution >= 4 is 22.6 Å². The number of nitrogens with zero attached hydrogens (tertiary/aromatic N) is 3. The molecule has 1 N–H and O–H groups in total. The number of methoxy groups -OCH3 is 1. The number of carbonyl (C=O) groups is 1. The number of anilines is 1. The summed E-state index contributed by atoms with van der Waals surface area (Å²) in [6, 6.07) is 12.3. The number of fused-ring (bicyclic) bond motifs is 1. The number of amides is 1. The van der Waals surface area contributed by atoms with Crippen LogP contribution in [0.15, 0.2) is 42.6 Å². The fourth-order valence-electron chi connectivity index (χ4n) is 3.99. The second kappa shape index (κ2) is 6.86. The van der Waals surface area contributed by atoms with Crippen molar-refractivity contribution in [2.45, 2.75) is 12.8 Å². The van der Waals surface area contributed by atoms with E-state index < -0.39 is 0 Å². The third-order valence-corrected chi connectivity index (χ3v) is 5.75. The van der Waals surface area contributed by atoms with E-state index in [9.17, 15) is 4.79 Å². The molecule has 2 fully saturated rings. The van der Waals surface area contributed by atoms with E-state index in [0.717, 1.165) is 67.1 Å². The van der Waals surface area contributed by atoms with E-state index in [1.807, 2.05) is 29.3 Å². The summed E-state index contributed by atoms with van der Waals surface area (Å²) in [4.78, 5) is 24.7. The number of pyridine rings is 1. The standard InChI is InChI=1S/C22H24N4O2/c1-28-17-4-2-3-16(13-17)19-14-18-20(7-8-23-21(18)24-19)25-9-11-26(12-10-25)22(27)15-5-6-15/h2-4,7-8,13-15H,5-6,9-12H2,1H3,(H,23,24). The molecule has 2 aromatic heterocycles. The molecule has 0 unspecified atom stereocenters. The van der Waals surface area contributed by atoms with Crippen molar-refractivity contribution in [2.75, 3.05) is 38.2 Å². The van der Waals surface area contributed by atoms with Gasteiger partial charge in [-0.25, -0.2) is 4.98 Å². The van der Waals surface area contributed by atoms with Crippen LogP contribution in [0.4, 0.5) is 5.69 Å². The zero-order valence-electron chi connectivity index (χ0n) is 16.0. The largest absolute Gasteiger partial charge is 0.497 e. The van der Waals surface area contributed by atoms with Gasteiger partial charge in [-0.1, -0.05) is 12.1 Å². The Kier molecular flexibility index (Phi) is 4.19. The fourth-order valence-corrected chi connectivity index (χ4v) is 3.99. The number of rotatable bonds is 4. The van der Waals surface area contributed by atoms with Gasteiger partial charge in [-0.05, 0) is 37.1 Å². The Morgan fingerprint density at radius 1 is 1.14 bits per heavy atom. The molecule has 3 heterocycles. The minimum atomic E-state index is 0.300. The highest BCUT2D eigenvalue weighted by Crippen LogP contribution is 2.33. The van der Waals surface area contributed by atoms with Crippen molar-refractivity contribution in [2.24, 2.45) is 5.92 Å². The molecule has 3 aromatic rings. The number of piperazine rings is 1. The molecule has 0 spiro atoms. The Morgan fingerprint density at radius 3 is 2.71 bits per heavy atom. The van der Waals surface area contributed by atoms with E-state index in [-0.39, 0.29) is 0 Å². The molecular weight excluding hydrogens is 352 g/mol. The van der Waals surface area contributed by atoms with Gasteiger partial charge in [0.2, 0.25) is 5.91 Å². The number of aromatic amines is 1. The van der Waals surface area contributed by atoms with Crippen LogP contribution < -0.4 is 9.64 Å². The van der Waals surface area contributed by atoms with Crippen LogP contribution in [-0.2, 0) is 4.79 Å². The Bertz CT molecular complexity index is 1020. The first-order chi connectivity index (χ1) is 13.7. The average molecular weight is 376 g/mol. The summed E-state index contributed by atoms with van der Waals surface area (Å²) in [5.74, 6) is 1.48. The van der Waals surface area contributed by atoms with Crippen LogP contribution >= 0.6 is 0 Å². The maximum atomic E-state index is 12.3. The monoisotopic (exact) mass is 376 g/mol. The third-order valence-electron chi connectivity index (χ3n) is 5.75. The maximum absolute atomic E-state index is 12.3. The van der Waals surface area contributed by atoms with E-state index >= 15 is 0 Å². The molecule has 1 aromatic carbocycles. The van der Waals surface area contributed by atoms with Gasteiger partial charge in [0.1, 0.15) is 11.4 Å². The topological polar surface area (TPSA) is 61.5 Å². The number of aromatic nitrogens is 2. The van der Waals surface area contributed by atoms with Crippen molar-refractivity contribution in [3.05, 3.63) is 42.6 Å². The van der Waals surface area contributed by atoms with E-state index in [4.69, 9.17) is 4.74 Å². The molecule has 6 nitrogen and oxygen atoms in total. The number of nitrogens with one attached hydrogen (secondary N) is 1. The van der Waals surface area contributed by atoms with Crippen LogP contribution in [0.5, 0.6) is 5.75 Å². The van der Waals surface area contributed by atoms with Gasteiger partial charge in [0.15, 0.2) is 0 Å². The van der Waals surface area contributed by atoms with Crippen LogP contribution in [0, 0.1) is 5.92 Å². The number of ether oxygens (including phenoxy) is 1. The highest BCUT2D eigenvalue weighted by atomic mass is 16.5. The molecule has 144 valence electrons. The number of hydrogen-bond acceptors (Lipinski definition) is 4. The van der Waals surface area contributed by atoms with Crippen molar-refractivity contribution in [3.8, 4) is 17.0 Å². The van der Waals surface area contributed by atoms with E-state index in [1.165, 1.54) is 5.69 Å². The first-order valence-corrected chi connectivity index (χ1v) is 9.89. The molecule has 0 atom stereocenters. The van der Waals surface area contributed by atoms with Crippen LogP contribution in [-0.4, -0.2) is 54.1 Å². The average Bonchev–Trinajstić information content (AvgIpc) is 3.51. The van der Waals surface area contributed by atoms with Crippen molar-refractivity contribution in [1.29, 1.82) is 0 Å². The Morgan fingerprint density at radius 2 is 1.96 bits per heavy atom. The lowest BCUT2D eigenvalue weighted by Gasteiger charge is -2.36. The Balaban J connectivity index is 1.41. The van der Waals surface area contributed by atoms with Gasteiger partial charge in [-0.3, -0.25) is 4.79 Å². The van der Waals surface area contributed by atoms with E-state index in [2.05, 4.69) is 33.1 Å². The minimum Gasteiger partial charge on any atom is -0.497 e. The first-order valence-electron chi connectivity index (χ1n) is 9.89. The molecular formula is C22H24N4O2. The van der Waals surface area contributed by atoms with Gasteiger partial charge in [-0.15, -0.1) is 0 Å². The zero-order chi connectivity index (χ0) is 19.1.